The highest BCUT2D eigenvalue weighted by Gasteiger charge is 2.25. The fraction of sp³-hybridized carbons (Fsp3) is 0.167. The average molecular weight is 390 g/mol. The molecular formula is C24H23FN2O2. The fourth-order valence-corrected chi connectivity index (χ4v) is 3.02. The van der Waals surface area contributed by atoms with E-state index < -0.39 is 17.8 Å². The summed E-state index contributed by atoms with van der Waals surface area (Å²) in [7, 11) is 1.69. The number of carbonyl (C=O) groups excluding carboxylic acids is 2. The molecule has 0 heterocycles. The zero-order valence-electron chi connectivity index (χ0n) is 16.4. The lowest BCUT2D eigenvalue weighted by Gasteiger charge is -2.25. The third kappa shape index (κ3) is 5.29. The molecule has 1 atom stereocenters. The van der Waals surface area contributed by atoms with Gasteiger partial charge >= 0.3 is 0 Å². The predicted molar refractivity (Wildman–Crippen MR) is 112 cm³/mol. The van der Waals surface area contributed by atoms with E-state index in [1.165, 1.54) is 29.2 Å². The summed E-state index contributed by atoms with van der Waals surface area (Å²) in [5.41, 5.74) is 3.08. The van der Waals surface area contributed by atoms with Crippen molar-refractivity contribution >= 4 is 17.5 Å². The minimum Gasteiger partial charge on any atom is -0.340 e. The normalized spacial score (nSPS) is 11.6. The van der Waals surface area contributed by atoms with Crippen LogP contribution < -0.4 is 10.2 Å². The molecule has 0 aromatic heterocycles. The number of likely N-dealkylation sites (N-methyl/N-ethyl adjacent to an activating group) is 1. The molecule has 148 valence electrons. The van der Waals surface area contributed by atoms with Crippen molar-refractivity contribution in [2.45, 2.75) is 19.4 Å². The Labute approximate surface area is 170 Å². The maximum Gasteiger partial charge on any atom is 0.251 e. The Morgan fingerprint density at radius 3 is 2.17 bits per heavy atom. The number of benzene rings is 3. The monoisotopic (exact) mass is 390 g/mol. The van der Waals surface area contributed by atoms with E-state index in [0.717, 1.165) is 16.8 Å². The van der Waals surface area contributed by atoms with Gasteiger partial charge in [-0.2, -0.15) is 0 Å². The number of nitrogens with one attached hydrogen (secondary N) is 1. The molecule has 0 saturated carbocycles. The Morgan fingerprint density at radius 1 is 0.931 bits per heavy atom. The number of hydrogen-bond acceptors (Lipinski definition) is 2. The van der Waals surface area contributed by atoms with Crippen molar-refractivity contribution in [3.8, 4) is 0 Å². The average Bonchev–Trinajstić information content (AvgIpc) is 2.74. The zero-order valence-corrected chi connectivity index (χ0v) is 16.4. The summed E-state index contributed by atoms with van der Waals surface area (Å²) >= 11 is 0. The van der Waals surface area contributed by atoms with Crippen molar-refractivity contribution in [2.75, 3.05) is 11.9 Å². The highest BCUT2D eigenvalue weighted by Crippen LogP contribution is 2.16. The van der Waals surface area contributed by atoms with Gasteiger partial charge in [0, 0.05) is 24.7 Å². The van der Waals surface area contributed by atoms with Crippen molar-refractivity contribution in [1.29, 1.82) is 0 Å². The summed E-state index contributed by atoms with van der Waals surface area (Å²) < 4.78 is 13.2. The Hall–Kier alpha value is -3.47. The van der Waals surface area contributed by atoms with Crippen LogP contribution in [0.1, 0.15) is 21.5 Å². The summed E-state index contributed by atoms with van der Waals surface area (Å²) in [4.78, 5) is 27.4. The van der Waals surface area contributed by atoms with E-state index in [0.29, 0.717) is 12.0 Å². The lowest BCUT2D eigenvalue weighted by molar-refractivity contribution is -0.120. The highest BCUT2D eigenvalue weighted by molar-refractivity contribution is 6.02. The van der Waals surface area contributed by atoms with Gasteiger partial charge in [-0.15, -0.1) is 0 Å². The van der Waals surface area contributed by atoms with Crippen molar-refractivity contribution in [3.63, 3.8) is 0 Å². The second-order valence-electron chi connectivity index (χ2n) is 6.96. The van der Waals surface area contributed by atoms with Crippen LogP contribution in [-0.4, -0.2) is 24.9 Å². The van der Waals surface area contributed by atoms with Gasteiger partial charge in [-0.25, -0.2) is 4.39 Å². The number of amides is 2. The summed E-state index contributed by atoms with van der Waals surface area (Å²) in [6, 6.07) is 21.6. The molecule has 0 aliphatic rings. The number of nitrogens with zero attached hydrogens (tertiary/aromatic N) is 1. The van der Waals surface area contributed by atoms with Crippen LogP contribution in [0.15, 0.2) is 78.9 Å². The molecule has 3 rings (SSSR count). The molecule has 0 bridgehead atoms. The Morgan fingerprint density at radius 2 is 1.55 bits per heavy atom. The van der Waals surface area contributed by atoms with E-state index in [1.807, 2.05) is 61.5 Å². The number of hydrogen-bond donors (Lipinski definition) is 1. The third-order valence-electron chi connectivity index (χ3n) is 4.74. The number of carbonyl (C=O) groups is 2. The van der Waals surface area contributed by atoms with Crippen LogP contribution in [0.5, 0.6) is 0 Å². The molecule has 1 N–H and O–H groups in total. The molecule has 0 aliphatic carbocycles. The molecule has 3 aromatic carbocycles. The smallest absolute Gasteiger partial charge is 0.251 e. The van der Waals surface area contributed by atoms with Crippen LogP contribution >= 0.6 is 0 Å². The molecule has 0 unspecified atom stereocenters. The number of anilines is 1. The van der Waals surface area contributed by atoms with E-state index in [-0.39, 0.29) is 5.91 Å². The molecule has 0 spiro atoms. The van der Waals surface area contributed by atoms with Crippen molar-refractivity contribution in [2.24, 2.45) is 0 Å². The van der Waals surface area contributed by atoms with Crippen LogP contribution in [0.25, 0.3) is 0 Å². The van der Waals surface area contributed by atoms with Crippen molar-refractivity contribution in [3.05, 3.63) is 101 Å². The summed E-state index contributed by atoms with van der Waals surface area (Å²) in [6.07, 6.45) is 0.350. The number of rotatable bonds is 6. The molecule has 4 nitrogen and oxygen atoms in total. The molecular weight excluding hydrogens is 367 g/mol. The number of aryl methyl sites for hydroxylation is 1. The summed E-state index contributed by atoms with van der Waals surface area (Å²) in [5, 5.41) is 2.81. The van der Waals surface area contributed by atoms with E-state index in [1.54, 1.807) is 7.05 Å². The van der Waals surface area contributed by atoms with Gasteiger partial charge in [0.15, 0.2) is 0 Å². The van der Waals surface area contributed by atoms with E-state index in [9.17, 15) is 14.0 Å². The van der Waals surface area contributed by atoms with Gasteiger partial charge in [0.05, 0.1) is 0 Å². The molecule has 0 radical (unpaired) electrons. The largest absolute Gasteiger partial charge is 0.340 e. The molecule has 0 fully saturated rings. The minimum absolute atomic E-state index is 0.229. The lowest BCUT2D eigenvalue weighted by Crippen LogP contribution is -2.48. The van der Waals surface area contributed by atoms with Gasteiger partial charge in [-0.1, -0.05) is 48.0 Å². The highest BCUT2D eigenvalue weighted by atomic mass is 19.1. The van der Waals surface area contributed by atoms with Gasteiger partial charge in [-0.05, 0) is 48.9 Å². The van der Waals surface area contributed by atoms with E-state index in [2.05, 4.69) is 5.32 Å². The topological polar surface area (TPSA) is 49.4 Å². The van der Waals surface area contributed by atoms with Gasteiger partial charge < -0.3 is 10.2 Å². The summed E-state index contributed by atoms with van der Waals surface area (Å²) in [5.74, 6) is -1.07. The van der Waals surface area contributed by atoms with Crippen molar-refractivity contribution in [1.82, 2.24) is 5.32 Å². The van der Waals surface area contributed by atoms with Gasteiger partial charge in [0.1, 0.15) is 11.9 Å². The first kappa shape index (κ1) is 20.3. The number of halogens is 1. The van der Waals surface area contributed by atoms with E-state index in [4.69, 9.17) is 0 Å². The SMILES string of the molecule is Cc1ccc(N(C)C(=O)[C@H](Cc2ccccc2)NC(=O)c2ccc(F)cc2)cc1. The maximum atomic E-state index is 13.2. The molecule has 29 heavy (non-hydrogen) atoms. The van der Waals surface area contributed by atoms with Crippen LogP contribution in [0.2, 0.25) is 0 Å². The standard InChI is InChI=1S/C24H23FN2O2/c1-17-8-14-21(15-9-17)27(2)24(29)22(16-18-6-4-3-5-7-18)26-23(28)19-10-12-20(25)13-11-19/h3-15,22H,16H2,1-2H3,(H,26,28)/t22-/m0/s1. The maximum absolute atomic E-state index is 13.2. The van der Waals surface area contributed by atoms with Crippen molar-refractivity contribution < 1.29 is 14.0 Å². The quantitative estimate of drug-likeness (QED) is 0.688. The first-order valence-corrected chi connectivity index (χ1v) is 9.38. The van der Waals surface area contributed by atoms with Crippen LogP contribution in [-0.2, 0) is 11.2 Å². The van der Waals surface area contributed by atoms with Gasteiger partial charge in [-0.3, -0.25) is 9.59 Å². The molecule has 2 amide bonds. The first-order valence-electron chi connectivity index (χ1n) is 9.38. The van der Waals surface area contributed by atoms with Crippen LogP contribution in [0, 0.1) is 12.7 Å². The van der Waals surface area contributed by atoms with E-state index >= 15 is 0 Å². The lowest BCUT2D eigenvalue weighted by atomic mass is 10.0. The predicted octanol–water partition coefficient (Wildman–Crippen LogP) is 4.14. The zero-order chi connectivity index (χ0) is 20.8. The molecule has 3 aromatic rings. The molecule has 0 aliphatic heterocycles. The molecule has 0 saturated heterocycles. The van der Waals surface area contributed by atoms with Crippen LogP contribution in [0.3, 0.4) is 0 Å². The van der Waals surface area contributed by atoms with Gasteiger partial charge in [0.2, 0.25) is 5.91 Å². The Bertz CT molecular complexity index is 970. The summed E-state index contributed by atoms with van der Waals surface area (Å²) in [6.45, 7) is 1.98. The molecule has 5 heteroatoms. The second-order valence-corrected chi connectivity index (χ2v) is 6.96. The fourth-order valence-electron chi connectivity index (χ4n) is 3.02. The van der Waals surface area contributed by atoms with Gasteiger partial charge in [0.25, 0.3) is 5.91 Å². The minimum atomic E-state index is -0.763. The third-order valence-corrected chi connectivity index (χ3v) is 4.74. The Kier molecular flexibility index (Phi) is 6.39. The van der Waals surface area contributed by atoms with Crippen LogP contribution in [0.4, 0.5) is 10.1 Å². The second kappa shape index (κ2) is 9.15. The Balaban J connectivity index is 1.83. The first-order chi connectivity index (χ1) is 13.9.